The van der Waals surface area contributed by atoms with Crippen molar-refractivity contribution < 1.29 is 5.11 Å². The minimum absolute atomic E-state index is 0.439. The van der Waals surface area contributed by atoms with Gasteiger partial charge in [-0.1, -0.05) is 53.9 Å². The van der Waals surface area contributed by atoms with Gasteiger partial charge in [0.05, 0.1) is 0 Å². The van der Waals surface area contributed by atoms with E-state index < -0.39 is 0 Å². The first kappa shape index (κ1) is 21.2. The van der Waals surface area contributed by atoms with Crippen molar-refractivity contribution in [1.82, 2.24) is 0 Å². The average Bonchev–Trinajstić information content (AvgIpc) is 3.17. The number of fused-ring (bicyclic) bond motifs is 5. The van der Waals surface area contributed by atoms with E-state index in [2.05, 4.69) is 34.6 Å². The third kappa shape index (κ3) is 3.30. The Morgan fingerprint density at radius 3 is 2.18 bits per heavy atom. The maximum atomic E-state index is 9.91. The molecule has 28 heavy (non-hydrogen) atoms. The molecule has 0 aromatic carbocycles. The van der Waals surface area contributed by atoms with Crippen LogP contribution in [0.2, 0.25) is 0 Å². The lowest BCUT2D eigenvalue weighted by Gasteiger charge is -2.58. The molecule has 0 amide bonds. The summed E-state index contributed by atoms with van der Waals surface area (Å²) >= 11 is 0. The number of hydrogen-bond donors (Lipinski definition) is 1. The summed E-state index contributed by atoms with van der Waals surface area (Å²) < 4.78 is 0. The molecule has 0 heterocycles. The van der Waals surface area contributed by atoms with Crippen LogP contribution < -0.4 is 0 Å². The monoisotopic (exact) mass is 388 g/mol. The quantitative estimate of drug-likeness (QED) is 0.505. The maximum absolute atomic E-state index is 9.91. The van der Waals surface area contributed by atoms with Crippen molar-refractivity contribution in [3.05, 3.63) is 0 Å². The smallest absolute Gasteiger partial charge is 0.0462 e. The minimum Gasteiger partial charge on any atom is -0.396 e. The Labute approximate surface area is 175 Å². The van der Waals surface area contributed by atoms with Crippen LogP contribution in [-0.4, -0.2) is 11.7 Å². The molecule has 4 fully saturated rings. The predicted octanol–water partition coefficient (Wildman–Crippen LogP) is 7.33. The summed E-state index contributed by atoms with van der Waals surface area (Å²) in [6, 6.07) is 0. The van der Waals surface area contributed by atoms with Crippen LogP contribution in [0.1, 0.15) is 105 Å². The lowest BCUT2D eigenvalue weighted by Crippen LogP contribution is -2.51. The number of hydrogen-bond acceptors (Lipinski definition) is 1. The van der Waals surface area contributed by atoms with Gasteiger partial charge >= 0.3 is 0 Å². The molecule has 0 saturated heterocycles. The Hall–Kier alpha value is -0.0400. The topological polar surface area (TPSA) is 20.2 Å². The second kappa shape index (κ2) is 7.90. The summed E-state index contributed by atoms with van der Waals surface area (Å²) in [4.78, 5) is 0. The van der Waals surface area contributed by atoms with Crippen LogP contribution in [-0.2, 0) is 0 Å². The molecule has 1 heteroatoms. The van der Waals surface area contributed by atoms with Crippen LogP contribution in [0.3, 0.4) is 0 Å². The molecule has 1 N–H and O–H groups in total. The van der Waals surface area contributed by atoms with Gasteiger partial charge in [-0.15, -0.1) is 0 Å². The van der Waals surface area contributed by atoms with Crippen molar-refractivity contribution in [2.24, 2.45) is 58.2 Å². The third-order valence-electron chi connectivity index (χ3n) is 11.0. The zero-order valence-corrected chi connectivity index (χ0v) is 19.6. The number of rotatable bonds is 6. The summed E-state index contributed by atoms with van der Waals surface area (Å²) in [5.41, 5.74) is 1.16. The van der Waals surface area contributed by atoms with Gasteiger partial charge in [-0.2, -0.15) is 0 Å². The molecule has 4 aliphatic carbocycles. The lowest BCUT2D eigenvalue weighted by molar-refractivity contribution is -0.0975. The maximum Gasteiger partial charge on any atom is 0.0462 e. The molecule has 0 aromatic rings. The normalized spacial score (nSPS) is 49.0. The zero-order valence-electron chi connectivity index (χ0n) is 19.6. The first-order valence-electron chi connectivity index (χ1n) is 12.9. The standard InChI is InChI=1S/C27H48O/c1-18(2)7-6-8-19(3)22-11-12-24-21-9-10-23-20(17-28)13-15-27(23,5)25(21)14-16-26(22,24)4/h18-25,28H,6-17H2,1-5H3/t19-,20-,21?,22?,23+,24?,25?,26-,27+/m1/s1. The highest BCUT2D eigenvalue weighted by Gasteiger charge is 2.61. The fourth-order valence-corrected chi connectivity index (χ4v) is 9.57. The Kier molecular flexibility index (Phi) is 5.98. The first-order valence-corrected chi connectivity index (χ1v) is 12.9. The Bertz CT molecular complexity index is 540. The van der Waals surface area contributed by atoms with Crippen LogP contribution in [0.15, 0.2) is 0 Å². The van der Waals surface area contributed by atoms with Gasteiger partial charge in [0.25, 0.3) is 0 Å². The van der Waals surface area contributed by atoms with E-state index in [4.69, 9.17) is 0 Å². The van der Waals surface area contributed by atoms with Crippen molar-refractivity contribution in [1.29, 1.82) is 0 Å². The predicted molar refractivity (Wildman–Crippen MR) is 119 cm³/mol. The fraction of sp³-hybridized carbons (Fsp3) is 1.00. The van der Waals surface area contributed by atoms with Gasteiger partial charge in [0.1, 0.15) is 0 Å². The van der Waals surface area contributed by atoms with Crippen molar-refractivity contribution >= 4 is 0 Å². The second-order valence-corrected chi connectivity index (χ2v) is 12.6. The van der Waals surface area contributed by atoms with Gasteiger partial charge in [-0.3, -0.25) is 0 Å². The Balaban J connectivity index is 1.46. The van der Waals surface area contributed by atoms with Gasteiger partial charge in [-0.25, -0.2) is 0 Å². The lowest BCUT2D eigenvalue weighted by atomic mass is 9.46. The first-order chi connectivity index (χ1) is 13.3. The highest BCUT2D eigenvalue weighted by Crippen LogP contribution is 2.69. The summed E-state index contributed by atoms with van der Waals surface area (Å²) in [5, 5.41) is 9.91. The van der Waals surface area contributed by atoms with Gasteiger partial charge in [0.2, 0.25) is 0 Å². The molecule has 0 bridgehead atoms. The third-order valence-corrected chi connectivity index (χ3v) is 11.0. The van der Waals surface area contributed by atoms with Crippen molar-refractivity contribution in [3.63, 3.8) is 0 Å². The molecule has 162 valence electrons. The number of aliphatic hydroxyl groups excluding tert-OH is 1. The van der Waals surface area contributed by atoms with Crippen LogP contribution in [0.4, 0.5) is 0 Å². The van der Waals surface area contributed by atoms with E-state index in [9.17, 15) is 5.11 Å². The summed E-state index contributed by atoms with van der Waals surface area (Å²) in [6.45, 7) is 13.1. The molecule has 1 nitrogen and oxygen atoms in total. The van der Waals surface area contributed by atoms with E-state index in [0.29, 0.717) is 23.4 Å². The van der Waals surface area contributed by atoms with E-state index in [0.717, 1.165) is 41.4 Å². The van der Waals surface area contributed by atoms with Gasteiger partial charge in [0, 0.05) is 6.61 Å². The van der Waals surface area contributed by atoms with Crippen LogP contribution in [0, 0.1) is 58.2 Å². The van der Waals surface area contributed by atoms with Crippen molar-refractivity contribution in [3.8, 4) is 0 Å². The molecule has 4 aliphatic rings. The summed E-state index contributed by atoms with van der Waals surface area (Å²) in [6.07, 6.45) is 15.9. The summed E-state index contributed by atoms with van der Waals surface area (Å²) in [5.74, 6) is 7.12. The molecule has 0 radical (unpaired) electrons. The van der Waals surface area contributed by atoms with Gasteiger partial charge in [-0.05, 0) is 110 Å². The van der Waals surface area contributed by atoms with Crippen molar-refractivity contribution in [2.45, 2.75) is 105 Å². The van der Waals surface area contributed by atoms with Crippen LogP contribution in [0.25, 0.3) is 0 Å². The zero-order chi connectivity index (χ0) is 20.1. The second-order valence-electron chi connectivity index (χ2n) is 12.6. The molecule has 0 aliphatic heterocycles. The molecule has 0 spiro atoms. The van der Waals surface area contributed by atoms with Crippen LogP contribution >= 0.6 is 0 Å². The van der Waals surface area contributed by atoms with E-state index in [-0.39, 0.29) is 0 Å². The Morgan fingerprint density at radius 2 is 1.46 bits per heavy atom. The highest BCUT2D eigenvalue weighted by molar-refractivity contribution is 5.10. The molecule has 0 aromatic heterocycles. The van der Waals surface area contributed by atoms with Crippen molar-refractivity contribution in [2.75, 3.05) is 6.61 Å². The molecule has 9 atom stereocenters. The fourth-order valence-electron chi connectivity index (χ4n) is 9.57. The highest BCUT2D eigenvalue weighted by atomic mass is 16.3. The largest absolute Gasteiger partial charge is 0.396 e. The van der Waals surface area contributed by atoms with E-state index in [1.54, 1.807) is 0 Å². The molecule has 4 unspecified atom stereocenters. The Morgan fingerprint density at radius 1 is 0.786 bits per heavy atom. The molecule has 4 rings (SSSR count). The summed E-state index contributed by atoms with van der Waals surface area (Å²) in [7, 11) is 0. The van der Waals surface area contributed by atoms with Gasteiger partial charge < -0.3 is 5.11 Å². The van der Waals surface area contributed by atoms with E-state index in [1.165, 1.54) is 70.6 Å². The van der Waals surface area contributed by atoms with Crippen LogP contribution in [0.5, 0.6) is 0 Å². The molecular formula is C27H48O. The van der Waals surface area contributed by atoms with E-state index in [1.807, 2.05) is 0 Å². The minimum atomic E-state index is 0.439. The molecule has 4 saturated carbocycles. The SMILES string of the molecule is CC(C)CCC[C@@H](C)C1CCC2C3CC[C@H]4[C@@H](CO)CC[C@]4(C)C3CC[C@@]21C. The van der Waals surface area contributed by atoms with E-state index >= 15 is 0 Å². The number of aliphatic hydroxyl groups is 1. The molecular weight excluding hydrogens is 340 g/mol. The van der Waals surface area contributed by atoms with Gasteiger partial charge in [0.15, 0.2) is 0 Å². The average molecular weight is 389 g/mol.